The number of aryl methyl sites for hydroxylation is 1. The lowest BCUT2D eigenvalue weighted by Gasteiger charge is -2.37. The number of anilines is 1. The second kappa shape index (κ2) is 5.02. The van der Waals surface area contributed by atoms with Crippen LogP contribution in [0.2, 0.25) is 0 Å². The fraction of sp³-hybridized carbons (Fsp3) is 0.312. The molecule has 0 fully saturated rings. The van der Waals surface area contributed by atoms with E-state index in [1.165, 1.54) is 16.7 Å². The molecule has 2 aromatic rings. The molecule has 1 aliphatic heterocycles. The minimum absolute atomic E-state index is 0.235. The van der Waals surface area contributed by atoms with Crippen molar-refractivity contribution < 1.29 is 0 Å². The molecular weight excluding hydrogens is 234 g/mol. The first kappa shape index (κ1) is 12.2. The summed E-state index contributed by atoms with van der Waals surface area (Å²) < 4.78 is 0. The number of fused-ring (bicyclic) bond motifs is 1. The van der Waals surface area contributed by atoms with Crippen molar-refractivity contribution in [1.29, 1.82) is 0 Å². The average molecular weight is 253 g/mol. The second-order valence-electron chi connectivity index (χ2n) is 5.09. The number of nitrogens with zero attached hydrogens (tertiary/aromatic N) is 2. The molecule has 1 aliphatic rings. The van der Waals surface area contributed by atoms with Crippen molar-refractivity contribution in [3.8, 4) is 0 Å². The highest BCUT2D eigenvalue weighted by atomic mass is 15.2. The molecule has 19 heavy (non-hydrogen) atoms. The van der Waals surface area contributed by atoms with E-state index in [-0.39, 0.29) is 6.04 Å². The molecule has 3 nitrogen and oxygen atoms in total. The molecule has 0 radical (unpaired) electrons. The molecule has 0 aliphatic carbocycles. The highest BCUT2D eigenvalue weighted by molar-refractivity contribution is 5.48. The Hall–Kier alpha value is -1.87. The first-order valence-corrected chi connectivity index (χ1v) is 6.77. The highest BCUT2D eigenvalue weighted by Crippen LogP contribution is 2.32. The monoisotopic (exact) mass is 253 g/mol. The number of rotatable bonds is 2. The third-order valence-corrected chi connectivity index (χ3v) is 3.83. The first-order chi connectivity index (χ1) is 9.29. The molecule has 3 heteroatoms. The molecule has 98 valence electrons. The van der Waals surface area contributed by atoms with Crippen LogP contribution < -0.4 is 10.6 Å². The third kappa shape index (κ3) is 2.22. The molecule has 1 aromatic carbocycles. The van der Waals surface area contributed by atoms with Gasteiger partial charge in [0, 0.05) is 19.3 Å². The lowest BCUT2D eigenvalue weighted by Crippen LogP contribution is -2.39. The Morgan fingerprint density at radius 2 is 2.16 bits per heavy atom. The molecule has 2 N–H and O–H groups in total. The zero-order valence-electron chi connectivity index (χ0n) is 11.2. The Morgan fingerprint density at radius 1 is 1.32 bits per heavy atom. The number of aromatic nitrogens is 1. The second-order valence-corrected chi connectivity index (χ2v) is 5.09. The molecule has 2 heterocycles. The summed E-state index contributed by atoms with van der Waals surface area (Å²) in [5, 5.41) is 0. The van der Waals surface area contributed by atoms with Crippen LogP contribution in [0.3, 0.4) is 0 Å². The molecule has 0 saturated carbocycles. The standard InChI is InChI=1S/C16H19N3/c1-12-6-8-18-16(10-12)19-9-7-13-4-2-3-5-14(13)15(19)11-17/h2-6,8,10,15H,7,9,11,17H2,1H3. The van der Waals surface area contributed by atoms with Crippen molar-refractivity contribution in [2.75, 3.05) is 18.0 Å². The van der Waals surface area contributed by atoms with E-state index in [4.69, 9.17) is 5.73 Å². The summed E-state index contributed by atoms with van der Waals surface area (Å²) in [6.45, 7) is 3.70. The van der Waals surface area contributed by atoms with Gasteiger partial charge in [-0.25, -0.2) is 4.98 Å². The van der Waals surface area contributed by atoms with Crippen LogP contribution in [0, 0.1) is 6.92 Å². The van der Waals surface area contributed by atoms with E-state index in [0.29, 0.717) is 6.54 Å². The van der Waals surface area contributed by atoms with Gasteiger partial charge < -0.3 is 10.6 Å². The van der Waals surface area contributed by atoms with Crippen LogP contribution in [0.1, 0.15) is 22.7 Å². The van der Waals surface area contributed by atoms with Crippen molar-refractivity contribution >= 4 is 5.82 Å². The smallest absolute Gasteiger partial charge is 0.129 e. The number of hydrogen-bond acceptors (Lipinski definition) is 3. The highest BCUT2D eigenvalue weighted by Gasteiger charge is 2.26. The third-order valence-electron chi connectivity index (χ3n) is 3.83. The van der Waals surface area contributed by atoms with E-state index in [1.54, 1.807) is 0 Å². The van der Waals surface area contributed by atoms with Gasteiger partial charge in [-0.3, -0.25) is 0 Å². The van der Waals surface area contributed by atoms with Crippen LogP contribution in [-0.2, 0) is 6.42 Å². The summed E-state index contributed by atoms with van der Waals surface area (Å²) in [5.74, 6) is 1.03. The maximum Gasteiger partial charge on any atom is 0.129 e. The van der Waals surface area contributed by atoms with Crippen LogP contribution in [-0.4, -0.2) is 18.1 Å². The first-order valence-electron chi connectivity index (χ1n) is 6.77. The van der Waals surface area contributed by atoms with Gasteiger partial charge in [0.25, 0.3) is 0 Å². The quantitative estimate of drug-likeness (QED) is 0.894. The Balaban J connectivity index is 2.00. The maximum absolute atomic E-state index is 6.01. The van der Waals surface area contributed by atoms with E-state index in [0.717, 1.165) is 18.8 Å². The molecule has 1 aromatic heterocycles. The predicted octanol–water partition coefficient (Wildman–Crippen LogP) is 2.45. The molecule has 0 amide bonds. The van der Waals surface area contributed by atoms with Crippen molar-refractivity contribution in [1.82, 2.24) is 4.98 Å². The number of hydrogen-bond donors (Lipinski definition) is 1. The Bertz CT molecular complexity index is 580. The van der Waals surface area contributed by atoms with Crippen LogP contribution in [0.15, 0.2) is 42.6 Å². The van der Waals surface area contributed by atoms with Gasteiger partial charge >= 0.3 is 0 Å². The summed E-state index contributed by atoms with van der Waals surface area (Å²) in [7, 11) is 0. The fourth-order valence-corrected chi connectivity index (χ4v) is 2.86. The maximum atomic E-state index is 6.01. The molecular formula is C16H19N3. The van der Waals surface area contributed by atoms with E-state index < -0.39 is 0 Å². The largest absolute Gasteiger partial charge is 0.348 e. The molecule has 1 unspecified atom stereocenters. The molecule has 1 atom stereocenters. The minimum atomic E-state index is 0.235. The van der Waals surface area contributed by atoms with Crippen LogP contribution in [0.5, 0.6) is 0 Å². The SMILES string of the molecule is Cc1ccnc(N2CCc3ccccc3C2CN)c1. The van der Waals surface area contributed by atoms with Gasteiger partial charge in [0.15, 0.2) is 0 Å². The van der Waals surface area contributed by atoms with Crippen molar-refractivity contribution in [2.45, 2.75) is 19.4 Å². The summed E-state index contributed by atoms with van der Waals surface area (Å²) in [5.41, 5.74) is 10.0. The topological polar surface area (TPSA) is 42.2 Å². The van der Waals surface area contributed by atoms with Crippen molar-refractivity contribution in [2.24, 2.45) is 5.73 Å². The molecule has 0 spiro atoms. The van der Waals surface area contributed by atoms with E-state index in [2.05, 4.69) is 47.1 Å². The Morgan fingerprint density at radius 3 is 2.95 bits per heavy atom. The van der Waals surface area contributed by atoms with Crippen LogP contribution >= 0.6 is 0 Å². The van der Waals surface area contributed by atoms with Crippen molar-refractivity contribution in [3.05, 3.63) is 59.3 Å². The van der Waals surface area contributed by atoms with Crippen LogP contribution in [0.25, 0.3) is 0 Å². The fourth-order valence-electron chi connectivity index (χ4n) is 2.86. The van der Waals surface area contributed by atoms with Gasteiger partial charge in [-0.1, -0.05) is 24.3 Å². The van der Waals surface area contributed by atoms with E-state index in [9.17, 15) is 0 Å². The van der Waals surface area contributed by atoms with Gasteiger partial charge in [0.2, 0.25) is 0 Å². The van der Waals surface area contributed by atoms with Gasteiger partial charge in [0.05, 0.1) is 6.04 Å². The van der Waals surface area contributed by atoms with Crippen LogP contribution in [0.4, 0.5) is 5.82 Å². The van der Waals surface area contributed by atoms with Crippen molar-refractivity contribution in [3.63, 3.8) is 0 Å². The lowest BCUT2D eigenvalue weighted by molar-refractivity contribution is 0.584. The van der Waals surface area contributed by atoms with E-state index in [1.807, 2.05) is 12.3 Å². The number of pyridine rings is 1. The summed E-state index contributed by atoms with van der Waals surface area (Å²) in [6, 6.07) is 13.0. The summed E-state index contributed by atoms with van der Waals surface area (Å²) in [6.07, 6.45) is 2.93. The Kier molecular flexibility index (Phi) is 3.22. The number of nitrogens with two attached hydrogens (primary N) is 1. The lowest BCUT2D eigenvalue weighted by atomic mass is 9.92. The zero-order valence-corrected chi connectivity index (χ0v) is 11.2. The molecule has 0 saturated heterocycles. The minimum Gasteiger partial charge on any atom is -0.348 e. The zero-order chi connectivity index (χ0) is 13.2. The van der Waals surface area contributed by atoms with Gasteiger partial charge in [-0.15, -0.1) is 0 Å². The normalized spacial score (nSPS) is 18.2. The average Bonchev–Trinajstić information content (AvgIpc) is 2.46. The number of benzene rings is 1. The van der Waals surface area contributed by atoms with Gasteiger partial charge in [-0.2, -0.15) is 0 Å². The Labute approximate surface area is 114 Å². The summed E-state index contributed by atoms with van der Waals surface area (Å²) in [4.78, 5) is 6.83. The molecule has 0 bridgehead atoms. The van der Waals surface area contributed by atoms with Gasteiger partial charge in [0.1, 0.15) is 5.82 Å². The van der Waals surface area contributed by atoms with E-state index >= 15 is 0 Å². The summed E-state index contributed by atoms with van der Waals surface area (Å²) >= 11 is 0. The van der Waals surface area contributed by atoms with Gasteiger partial charge in [-0.05, 0) is 42.2 Å². The predicted molar refractivity (Wildman–Crippen MR) is 78.3 cm³/mol. The molecule has 3 rings (SSSR count).